The van der Waals surface area contributed by atoms with Gasteiger partial charge in [0.05, 0.1) is 11.0 Å². The van der Waals surface area contributed by atoms with E-state index in [2.05, 4.69) is 23.8 Å². The van der Waals surface area contributed by atoms with Gasteiger partial charge in [0.15, 0.2) is 0 Å². The first kappa shape index (κ1) is 21.1. The van der Waals surface area contributed by atoms with Gasteiger partial charge in [-0.25, -0.2) is 0 Å². The predicted octanol–water partition coefficient (Wildman–Crippen LogP) is 1.54. The van der Waals surface area contributed by atoms with Gasteiger partial charge in [0.25, 0.3) is 11.8 Å². The van der Waals surface area contributed by atoms with E-state index >= 15 is 0 Å². The SMILES string of the molecule is C=CC[C@]1(C)NCCNC1=O.C=CC[C@]1(CC)CCC(=O)N(O)C1=O. The van der Waals surface area contributed by atoms with Crippen LogP contribution in [0.4, 0.5) is 0 Å². The Kier molecular flexibility index (Phi) is 7.51. The molecule has 7 heteroatoms. The van der Waals surface area contributed by atoms with Gasteiger partial charge >= 0.3 is 0 Å². The Morgan fingerprint density at radius 2 is 1.84 bits per heavy atom. The molecule has 2 fully saturated rings. The lowest BCUT2D eigenvalue weighted by molar-refractivity contribution is -0.193. The molecule has 7 nitrogen and oxygen atoms in total. The number of carbonyl (C=O) groups excluding carboxylic acids is 3. The molecule has 2 heterocycles. The Morgan fingerprint density at radius 3 is 2.36 bits per heavy atom. The number of piperazine rings is 1. The molecule has 2 atom stereocenters. The number of nitrogens with one attached hydrogen (secondary N) is 2. The van der Waals surface area contributed by atoms with E-state index in [0.29, 0.717) is 25.7 Å². The molecule has 0 radical (unpaired) electrons. The largest absolute Gasteiger partial charge is 0.353 e. The molecular formula is C18H29N3O4. The molecular weight excluding hydrogens is 322 g/mol. The fourth-order valence-electron chi connectivity index (χ4n) is 3.08. The second kappa shape index (κ2) is 8.92. The highest BCUT2D eigenvalue weighted by molar-refractivity contribution is 5.99. The Morgan fingerprint density at radius 1 is 1.20 bits per heavy atom. The Balaban J connectivity index is 0.000000257. The highest BCUT2D eigenvalue weighted by Crippen LogP contribution is 2.37. The van der Waals surface area contributed by atoms with E-state index in [4.69, 9.17) is 0 Å². The molecule has 0 unspecified atom stereocenters. The van der Waals surface area contributed by atoms with Gasteiger partial charge in [0.1, 0.15) is 0 Å². The van der Waals surface area contributed by atoms with Gasteiger partial charge in [-0.05, 0) is 32.6 Å². The van der Waals surface area contributed by atoms with Gasteiger partial charge in [-0.15, -0.1) is 13.2 Å². The van der Waals surface area contributed by atoms with Crippen LogP contribution in [0.15, 0.2) is 25.3 Å². The first-order valence-corrected chi connectivity index (χ1v) is 8.57. The predicted molar refractivity (Wildman–Crippen MR) is 94.6 cm³/mol. The van der Waals surface area contributed by atoms with Crippen molar-refractivity contribution >= 4 is 17.7 Å². The summed E-state index contributed by atoms with van der Waals surface area (Å²) in [6, 6.07) is 0. The van der Waals surface area contributed by atoms with E-state index in [1.165, 1.54) is 0 Å². The van der Waals surface area contributed by atoms with E-state index in [-0.39, 0.29) is 17.4 Å². The molecule has 0 aromatic rings. The molecule has 25 heavy (non-hydrogen) atoms. The Hall–Kier alpha value is -1.99. The van der Waals surface area contributed by atoms with Crippen molar-refractivity contribution in [3.8, 4) is 0 Å². The average molecular weight is 351 g/mol. The van der Waals surface area contributed by atoms with E-state index in [0.717, 1.165) is 13.1 Å². The van der Waals surface area contributed by atoms with E-state index in [1.807, 2.05) is 13.8 Å². The number of hydroxylamine groups is 2. The van der Waals surface area contributed by atoms with Gasteiger partial charge in [-0.1, -0.05) is 19.1 Å². The summed E-state index contributed by atoms with van der Waals surface area (Å²) >= 11 is 0. The fraction of sp³-hybridized carbons (Fsp3) is 0.611. The van der Waals surface area contributed by atoms with Gasteiger partial charge in [-0.3, -0.25) is 19.6 Å². The van der Waals surface area contributed by atoms with Crippen molar-refractivity contribution in [1.29, 1.82) is 0 Å². The summed E-state index contributed by atoms with van der Waals surface area (Å²) in [6.07, 6.45) is 5.95. The minimum atomic E-state index is -0.621. The number of imide groups is 1. The number of nitrogens with zero attached hydrogens (tertiary/aromatic N) is 1. The fourth-order valence-corrected chi connectivity index (χ4v) is 3.08. The third-order valence-electron chi connectivity index (χ3n) is 4.89. The minimum Gasteiger partial charge on any atom is -0.353 e. The van der Waals surface area contributed by atoms with Crippen LogP contribution in [-0.2, 0) is 14.4 Å². The van der Waals surface area contributed by atoms with Crippen LogP contribution < -0.4 is 10.6 Å². The molecule has 0 aliphatic carbocycles. The van der Waals surface area contributed by atoms with Gasteiger partial charge in [0.2, 0.25) is 5.91 Å². The van der Waals surface area contributed by atoms with Crippen molar-refractivity contribution in [2.45, 2.75) is 51.5 Å². The van der Waals surface area contributed by atoms with Crippen molar-refractivity contribution in [1.82, 2.24) is 15.7 Å². The normalized spacial score (nSPS) is 29.4. The maximum absolute atomic E-state index is 11.7. The molecule has 3 N–H and O–H groups in total. The summed E-state index contributed by atoms with van der Waals surface area (Å²) in [7, 11) is 0. The first-order valence-electron chi connectivity index (χ1n) is 8.57. The molecule has 0 spiro atoms. The van der Waals surface area contributed by atoms with Gasteiger partial charge in [-0.2, -0.15) is 5.06 Å². The van der Waals surface area contributed by atoms with Gasteiger partial charge < -0.3 is 10.6 Å². The van der Waals surface area contributed by atoms with Crippen LogP contribution in [0, 0.1) is 5.41 Å². The van der Waals surface area contributed by atoms with Crippen LogP contribution in [-0.4, -0.2) is 46.6 Å². The van der Waals surface area contributed by atoms with Crippen molar-refractivity contribution in [2.24, 2.45) is 5.41 Å². The summed E-state index contributed by atoms with van der Waals surface area (Å²) in [5.74, 6) is -0.928. The zero-order chi connectivity index (χ0) is 19.1. The van der Waals surface area contributed by atoms with Crippen LogP contribution in [0.5, 0.6) is 0 Å². The third kappa shape index (κ3) is 4.76. The van der Waals surface area contributed by atoms with Crippen molar-refractivity contribution in [2.75, 3.05) is 13.1 Å². The molecule has 0 aromatic heterocycles. The smallest absolute Gasteiger partial charge is 0.259 e. The topological polar surface area (TPSA) is 98.7 Å². The summed E-state index contributed by atoms with van der Waals surface area (Å²) in [4.78, 5) is 34.0. The Labute approximate surface area is 149 Å². The van der Waals surface area contributed by atoms with Crippen LogP contribution in [0.3, 0.4) is 0 Å². The standard InChI is InChI=1S/C10H15NO3.C8H14N2O/c1-3-6-10(4-2)7-5-8(12)11(14)9(10)13;1-3-4-8(2)7(11)9-5-6-10-8/h3,14H,1,4-7H2,2H3;3,10H,1,4-6H2,2H3,(H,9,11)/t10-;8-/m10/s1. The van der Waals surface area contributed by atoms with E-state index in [1.54, 1.807) is 12.2 Å². The van der Waals surface area contributed by atoms with Crippen LogP contribution in [0.2, 0.25) is 0 Å². The van der Waals surface area contributed by atoms with E-state index < -0.39 is 22.8 Å². The van der Waals surface area contributed by atoms with Crippen LogP contribution >= 0.6 is 0 Å². The highest BCUT2D eigenvalue weighted by atomic mass is 16.5. The number of rotatable bonds is 5. The van der Waals surface area contributed by atoms with Crippen molar-refractivity contribution in [3.05, 3.63) is 25.3 Å². The lowest BCUT2D eigenvalue weighted by atomic mass is 9.74. The summed E-state index contributed by atoms with van der Waals surface area (Å²) in [6.45, 7) is 12.5. The number of piperidine rings is 1. The molecule has 2 aliphatic heterocycles. The molecule has 0 bridgehead atoms. The lowest BCUT2D eigenvalue weighted by Gasteiger charge is -2.36. The zero-order valence-electron chi connectivity index (χ0n) is 15.1. The average Bonchev–Trinajstić information content (AvgIpc) is 2.59. The molecule has 2 aliphatic rings. The van der Waals surface area contributed by atoms with Crippen LogP contribution in [0.1, 0.15) is 46.0 Å². The number of allylic oxidation sites excluding steroid dienone is 1. The number of hydrogen-bond donors (Lipinski definition) is 3. The maximum atomic E-state index is 11.7. The Bertz CT molecular complexity index is 548. The molecule has 2 rings (SSSR count). The monoisotopic (exact) mass is 351 g/mol. The van der Waals surface area contributed by atoms with E-state index in [9.17, 15) is 19.6 Å². The van der Waals surface area contributed by atoms with Crippen molar-refractivity contribution < 1.29 is 19.6 Å². The minimum absolute atomic E-state index is 0.0728. The van der Waals surface area contributed by atoms with Gasteiger partial charge in [0, 0.05) is 19.5 Å². The number of carbonyl (C=O) groups is 3. The summed E-state index contributed by atoms with van der Waals surface area (Å²) in [5.41, 5.74) is -1.05. The number of hydrogen-bond acceptors (Lipinski definition) is 5. The summed E-state index contributed by atoms with van der Waals surface area (Å²) < 4.78 is 0. The molecule has 0 saturated carbocycles. The third-order valence-corrected chi connectivity index (χ3v) is 4.89. The molecule has 3 amide bonds. The van der Waals surface area contributed by atoms with Crippen LogP contribution in [0.25, 0.3) is 0 Å². The van der Waals surface area contributed by atoms with Crippen molar-refractivity contribution in [3.63, 3.8) is 0 Å². The summed E-state index contributed by atoms with van der Waals surface area (Å²) in [5, 5.41) is 15.5. The lowest BCUT2D eigenvalue weighted by Crippen LogP contribution is -2.61. The highest BCUT2D eigenvalue weighted by Gasteiger charge is 2.44. The molecule has 2 saturated heterocycles. The second-order valence-electron chi connectivity index (χ2n) is 6.64. The zero-order valence-corrected chi connectivity index (χ0v) is 15.1. The first-order chi connectivity index (χ1) is 11.8. The molecule has 140 valence electrons. The maximum Gasteiger partial charge on any atom is 0.259 e. The second-order valence-corrected chi connectivity index (χ2v) is 6.64. The molecule has 0 aromatic carbocycles. The number of amides is 3. The quantitative estimate of drug-likeness (QED) is 0.396.